The van der Waals surface area contributed by atoms with Crippen LogP contribution in [0.5, 0.6) is 0 Å². The molecule has 0 unspecified atom stereocenters. The van der Waals surface area contributed by atoms with E-state index in [1.54, 1.807) is 0 Å². The Morgan fingerprint density at radius 2 is 1.47 bits per heavy atom. The van der Waals surface area contributed by atoms with Crippen molar-refractivity contribution in [1.29, 1.82) is 10.5 Å². The van der Waals surface area contributed by atoms with Crippen LogP contribution in [0.1, 0.15) is 11.1 Å². The summed E-state index contributed by atoms with van der Waals surface area (Å²) in [7, 11) is 0. The topological polar surface area (TPSA) is 47.6 Å². The number of hydrogen-bond donors (Lipinski definition) is 0. The van der Waals surface area contributed by atoms with Gasteiger partial charge in [-0.2, -0.15) is 10.5 Å². The Balaban J connectivity index is 2.05. The van der Waals surface area contributed by atoms with Gasteiger partial charge in [0.2, 0.25) is 0 Å². The van der Waals surface area contributed by atoms with Gasteiger partial charge in [-0.1, -0.05) is 12.1 Å². The first kappa shape index (κ1) is 12.2. The van der Waals surface area contributed by atoms with Crippen LogP contribution in [-0.4, -0.2) is 0 Å². The Bertz CT molecular complexity index is 739. The van der Waals surface area contributed by atoms with Gasteiger partial charge in [-0.15, -0.1) is 0 Å². The maximum Gasteiger partial charge on any atom is 0.138 e. The average Bonchev–Trinajstić information content (AvgIpc) is 2.77. The Hall–Kier alpha value is -1.88. The maximum absolute atomic E-state index is 8.74. The second-order valence-corrected chi connectivity index (χ2v) is 5.92. The molecule has 4 heteroatoms. The molecule has 1 aliphatic rings. The molecule has 0 heterocycles. The Kier molecular flexibility index (Phi) is 3.21. The summed E-state index contributed by atoms with van der Waals surface area (Å²) in [5, 5.41) is 21.7. The van der Waals surface area contributed by atoms with Crippen LogP contribution in [0.3, 0.4) is 0 Å². The molecule has 0 atom stereocenters. The molecule has 2 nitrogen and oxygen atoms in total. The fourth-order valence-electron chi connectivity index (χ4n) is 2.38. The van der Waals surface area contributed by atoms with Crippen molar-refractivity contribution in [2.75, 3.05) is 0 Å². The minimum Gasteiger partial charge on any atom is -0.185 e. The molecule has 0 spiro atoms. The van der Waals surface area contributed by atoms with E-state index in [4.69, 9.17) is 10.5 Å². The first-order valence-corrected chi connectivity index (χ1v) is 7.33. The molecule has 2 aromatic carbocycles. The molecule has 0 fully saturated rings. The summed E-state index contributed by atoms with van der Waals surface area (Å²) < 4.78 is 0. The van der Waals surface area contributed by atoms with Gasteiger partial charge in [0.15, 0.2) is 0 Å². The number of rotatable bonds is 2. The molecule has 2 aromatic rings. The first-order chi connectivity index (χ1) is 9.31. The van der Waals surface area contributed by atoms with Crippen LogP contribution in [0.4, 0.5) is 0 Å². The van der Waals surface area contributed by atoms with Crippen molar-refractivity contribution in [2.45, 2.75) is 16.2 Å². The van der Waals surface area contributed by atoms with Crippen LogP contribution in [-0.2, 0) is 6.42 Å². The third-order valence-corrected chi connectivity index (χ3v) is 4.32. The minimum absolute atomic E-state index is 0.905. The zero-order valence-corrected chi connectivity index (χ0v) is 11.5. The number of nitrogens with zero attached hydrogens (tertiary/aromatic N) is 2. The summed E-state index contributed by atoms with van der Waals surface area (Å²) in [6.07, 6.45) is 0.905. The van der Waals surface area contributed by atoms with E-state index in [1.807, 2.05) is 12.1 Å². The van der Waals surface area contributed by atoms with E-state index in [0.29, 0.717) is 0 Å². The molecule has 0 saturated heterocycles. The molecular weight excluding hydrogens is 272 g/mol. The van der Waals surface area contributed by atoms with Gasteiger partial charge in [0.1, 0.15) is 10.8 Å². The van der Waals surface area contributed by atoms with Gasteiger partial charge in [-0.05, 0) is 76.5 Å². The van der Waals surface area contributed by atoms with Crippen molar-refractivity contribution in [3.63, 3.8) is 0 Å². The van der Waals surface area contributed by atoms with Crippen LogP contribution >= 0.6 is 23.5 Å². The predicted octanol–water partition coefficient (Wildman–Crippen LogP) is 4.40. The average molecular weight is 280 g/mol. The number of thiocyanates is 2. The highest BCUT2D eigenvalue weighted by molar-refractivity contribution is 8.04. The summed E-state index contributed by atoms with van der Waals surface area (Å²) in [5.74, 6) is 0. The summed E-state index contributed by atoms with van der Waals surface area (Å²) in [6.45, 7) is 0. The third-order valence-electron chi connectivity index (χ3n) is 3.16. The molecule has 3 rings (SSSR count). The molecule has 0 bridgehead atoms. The van der Waals surface area contributed by atoms with Gasteiger partial charge >= 0.3 is 0 Å². The van der Waals surface area contributed by atoms with E-state index < -0.39 is 0 Å². The molecule has 0 N–H and O–H groups in total. The second-order valence-electron chi connectivity index (χ2n) is 4.20. The summed E-state index contributed by atoms with van der Waals surface area (Å²) >= 11 is 2.38. The number of hydrogen-bond acceptors (Lipinski definition) is 4. The lowest BCUT2D eigenvalue weighted by Gasteiger charge is -2.03. The zero-order chi connectivity index (χ0) is 13.2. The van der Waals surface area contributed by atoms with Crippen molar-refractivity contribution in [1.82, 2.24) is 0 Å². The molecule has 90 valence electrons. The fourth-order valence-corrected chi connectivity index (χ4v) is 3.24. The summed E-state index contributed by atoms with van der Waals surface area (Å²) in [6, 6.07) is 12.3. The Morgan fingerprint density at radius 3 is 2.21 bits per heavy atom. The maximum atomic E-state index is 8.74. The summed E-state index contributed by atoms with van der Waals surface area (Å²) in [5.41, 5.74) is 4.98. The molecule has 0 amide bonds. The van der Waals surface area contributed by atoms with Gasteiger partial charge < -0.3 is 0 Å². The van der Waals surface area contributed by atoms with Crippen molar-refractivity contribution < 1.29 is 0 Å². The number of nitriles is 2. The van der Waals surface area contributed by atoms with Crippen molar-refractivity contribution in [3.8, 4) is 21.9 Å². The minimum atomic E-state index is 0.905. The van der Waals surface area contributed by atoms with E-state index in [2.05, 4.69) is 35.1 Å². The van der Waals surface area contributed by atoms with Gasteiger partial charge in [0.25, 0.3) is 0 Å². The second kappa shape index (κ2) is 5.01. The van der Waals surface area contributed by atoms with Crippen LogP contribution in [0.15, 0.2) is 46.2 Å². The van der Waals surface area contributed by atoms with E-state index in [-0.39, 0.29) is 0 Å². The van der Waals surface area contributed by atoms with E-state index in [0.717, 1.165) is 16.2 Å². The standard InChI is InChI=1S/C15H8N2S2/c16-8-18-12-3-4-14-11(6-12)5-10-1-2-13(19-9-17)7-15(10)14/h1-4,6-7H,5H2. The number of fused-ring (bicyclic) bond motifs is 3. The molecular formula is C15H8N2S2. The predicted molar refractivity (Wildman–Crippen MR) is 77.6 cm³/mol. The van der Waals surface area contributed by atoms with Crippen molar-refractivity contribution in [3.05, 3.63) is 47.5 Å². The van der Waals surface area contributed by atoms with Crippen molar-refractivity contribution >= 4 is 23.5 Å². The van der Waals surface area contributed by atoms with Gasteiger partial charge in [0.05, 0.1) is 0 Å². The molecule has 0 saturated carbocycles. The van der Waals surface area contributed by atoms with Crippen molar-refractivity contribution in [2.24, 2.45) is 0 Å². The highest BCUT2D eigenvalue weighted by Gasteiger charge is 2.19. The molecule has 19 heavy (non-hydrogen) atoms. The normalized spacial score (nSPS) is 11.3. The molecule has 1 aliphatic carbocycles. The van der Waals surface area contributed by atoms with E-state index in [9.17, 15) is 0 Å². The first-order valence-electron chi connectivity index (χ1n) is 5.70. The lowest BCUT2D eigenvalue weighted by atomic mass is 10.1. The smallest absolute Gasteiger partial charge is 0.138 e. The van der Waals surface area contributed by atoms with Gasteiger partial charge in [-0.3, -0.25) is 0 Å². The molecule has 0 aromatic heterocycles. The van der Waals surface area contributed by atoms with E-state index >= 15 is 0 Å². The number of benzene rings is 2. The van der Waals surface area contributed by atoms with Crippen LogP contribution < -0.4 is 0 Å². The lowest BCUT2D eigenvalue weighted by molar-refractivity contribution is 1.23. The zero-order valence-electron chi connectivity index (χ0n) is 9.88. The Morgan fingerprint density at radius 1 is 0.789 bits per heavy atom. The SMILES string of the molecule is N#CSc1ccc2c(c1)Cc1ccc(SC#N)cc1-2. The van der Waals surface area contributed by atoms with Crippen LogP contribution in [0, 0.1) is 21.3 Å². The molecule has 0 radical (unpaired) electrons. The van der Waals surface area contributed by atoms with E-state index in [1.165, 1.54) is 45.8 Å². The monoisotopic (exact) mass is 280 g/mol. The van der Waals surface area contributed by atoms with Gasteiger partial charge in [-0.25, -0.2) is 0 Å². The Labute approximate surface area is 120 Å². The molecule has 0 aliphatic heterocycles. The third kappa shape index (κ3) is 2.21. The lowest BCUT2D eigenvalue weighted by Crippen LogP contribution is -1.80. The van der Waals surface area contributed by atoms with Crippen LogP contribution in [0.2, 0.25) is 0 Å². The van der Waals surface area contributed by atoms with Gasteiger partial charge in [0, 0.05) is 9.79 Å². The quantitative estimate of drug-likeness (QED) is 0.515. The largest absolute Gasteiger partial charge is 0.185 e. The fraction of sp³-hybridized carbons (Fsp3) is 0.0667. The summed E-state index contributed by atoms with van der Waals surface area (Å²) in [4.78, 5) is 1.96. The highest BCUT2D eigenvalue weighted by Crippen LogP contribution is 2.40. The van der Waals surface area contributed by atoms with Crippen LogP contribution in [0.25, 0.3) is 11.1 Å². The highest BCUT2D eigenvalue weighted by atomic mass is 32.2. The number of thioether (sulfide) groups is 2.